The molecule has 0 spiro atoms. The molecule has 0 fully saturated rings. The molecule has 0 aliphatic carbocycles. The van der Waals surface area contributed by atoms with E-state index in [2.05, 4.69) is 0 Å². The van der Waals surface area contributed by atoms with Gasteiger partial charge in [-0.1, -0.05) is 0 Å². The molecule has 1 unspecified atom stereocenters. The Kier molecular flexibility index (Phi) is 3.94. The Morgan fingerprint density at radius 2 is 1.69 bits per heavy atom. The van der Waals surface area contributed by atoms with Crippen LogP contribution in [-0.2, 0) is 0 Å². The Morgan fingerprint density at radius 1 is 1.15 bits per heavy atom. The number of benzene rings is 1. The lowest BCUT2D eigenvalue weighted by molar-refractivity contribution is 0.578. The van der Waals surface area contributed by atoms with E-state index in [4.69, 9.17) is 23.2 Å². The highest BCUT2D eigenvalue weighted by Crippen LogP contribution is 2.25. The summed E-state index contributed by atoms with van der Waals surface area (Å²) in [6.45, 7) is 0. The van der Waals surface area contributed by atoms with Crippen LogP contribution in [0.1, 0.15) is 17.4 Å². The minimum Gasteiger partial charge on any atom is -0.207 e. The van der Waals surface area contributed by atoms with Crippen LogP contribution in [0, 0.1) is 11.6 Å². The Bertz CT molecular complexity index is 269. The maximum absolute atomic E-state index is 12.7. The van der Waals surface area contributed by atoms with Crippen molar-refractivity contribution >= 4 is 23.2 Å². The molecule has 0 nitrogen and oxygen atoms in total. The van der Waals surface area contributed by atoms with E-state index < -0.39 is 17.0 Å². The number of alkyl halides is 2. The van der Waals surface area contributed by atoms with E-state index in [1.165, 1.54) is 12.1 Å². The Morgan fingerprint density at radius 3 is 2.15 bits per heavy atom. The summed E-state index contributed by atoms with van der Waals surface area (Å²) < 4.78 is 25.4. The van der Waals surface area contributed by atoms with Crippen molar-refractivity contribution in [2.24, 2.45) is 0 Å². The first-order valence-electron chi connectivity index (χ1n) is 3.79. The molecule has 1 atom stereocenters. The topological polar surface area (TPSA) is 0 Å². The zero-order chi connectivity index (χ0) is 9.84. The highest BCUT2D eigenvalue weighted by molar-refractivity contribution is 6.22. The standard InChI is InChI=1S/C9H8Cl2F2/c10-2-1-9(11)6-3-7(12)5-8(13)4-6/h3-5,9H,1-2H2. The molecule has 0 aliphatic heterocycles. The van der Waals surface area contributed by atoms with Gasteiger partial charge in [-0.15, -0.1) is 23.2 Å². The Hall–Kier alpha value is -0.340. The molecule has 1 aromatic rings. The summed E-state index contributed by atoms with van der Waals surface area (Å²) in [5.41, 5.74) is 0.430. The summed E-state index contributed by atoms with van der Waals surface area (Å²) in [6, 6.07) is 3.24. The highest BCUT2D eigenvalue weighted by Gasteiger charge is 2.09. The molecule has 0 saturated heterocycles. The van der Waals surface area contributed by atoms with Gasteiger partial charge in [0.25, 0.3) is 0 Å². The zero-order valence-electron chi connectivity index (χ0n) is 6.74. The molecule has 72 valence electrons. The van der Waals surface area contributed by atoms with Crippen molar-refractivity contribution in [2.75, 3.05) is 5.88 Å². The first kappa shape index (κ1) is 10.7. The quantitative estimate of drug-likeness (QED) is 0.685. The van der Waals surface area contributed by atoms with E-state index in [-0.39, 0.29) is 0 Å². The van der Waals surface area contributed by atoms with Crippen molar-refractivity contribution in [3.63, 3.8) is 0 Å². The minimum atomic E-state index is -0.616. The highest BCUT2D eigenvalue weighted by atomic mass is 35.5. The van der Waals surface area contributed by atoms with Crippen LogP contribution in [0.2, 0.25) is 0 Å². The number of halogens is 4. The lowest BCUT2D eigenvalue weighted by atomic mass is 10.1. The smallest absolute Gasteiger partial charge is 0.126 e. The van der Waals surface area contributed by atoms with Gasteiger partial charge in [0.15, 0.2) is 0 Å². The Balaban J connectivity index is 2.87. The van der Waals surface area contributed by atoms with E-state index >= 15 is 0 Å². The van der Waals surface area contributed by atoms with Crippen LogP contribution in [-0.4, -0.2) is 5.88 Å². The monoisotopic (exact) mass is 224 g/mol. The van der Waals surface area contributed by atoms with Crippen molar-refractivity contribution in [1.29, 1.82) is 0 Å². The van der Waals surface area contributed by atoms with E-state index in [1.54, 1.807) is 0 Å². The van der Waals surface area contributed by atoms with Gasteiger partial charge in [0.1, 0.15) is 11.6 Å². The molecule has 13 heavy (non-hydrogen) atoms. The van der Waals surface area contributed by atoms with Crippen molar-refractivity contribution < 1.29 is 8.78 Å². The van der Waals surface area contributed by atoms with Crippen molar-refractivity contribution in [3.05, 3.63) is 35.4 Å². The van der Waals surface area contributed by atoms with Gasteiger partial charge in [-0.2, -0.15) is 0 Å². The average molecular weight is 225 g/mol. The number of hydrogen-bond acceptors (Lipinski definition) is 0. The maximum Gasteiger partial charge on any atom is 0.126 e. The lowest BCUT2D eigenvalue weighted by Crippen LogP contribution is -1.94. The average Bonchev–Trinajstić information content (AvgIpc) is 2.03. The molecule has 0 aliphatic rings. The van der Waals surface area contributed by atoms with Crippen LogP contribution in [0.4, 0.5) is 8.78 Å². The molecule has 0 bridgehead atoms. The first-order chi connectivity index (χ1) is 6.13. The molecule has 0 N–H and O–H groups in total. The fourth-order valence-electron chi connectivity index (χ4n) is 1.02. The van der Waals surface area contributed by atoms with E-state index in [0.717, 1.165) is 6.07 Å². The summed E-state index contributed by atoms with van der Waals surface area (Å²) in [5.74, 6) is -0.864. The van der Waals surface area contributed by atoms with Gasteiger partial charge >= 0.3 is 0 Å². The van der Waals surface area contributed by atoms with Crippen LogP contribution < -0.4 is 0 Å². The fraction of sp³-hybridized carbons (Fsp3) is 0.333. The maximum atomic E-state index is 12.7. The molecule has 0 aromatic heterocycles. The van der Waals surface area contributed by atoms with E-state index in [9.17, 15) is 8.78 Å². The van der Waals surface area contributed by atoms with Crippen molar-refractivity contribution in [1.82, 2.24) is 0 Å². The van der Waals surface area contributed by atoms with Crippen LogP contribution in [0.15, 0.2) is 18.2 Å². The zero-order valence-corrected chi connectivity index (χ0v) is 8.25. The van der Waals surface area contributed by atoms with Gasteiger partial charge in [0, 0.05) is 11.9 Å². The molecule has 0 heterocycles. The van der Waals surface area contributed by atoms with Crippen LogP contribution in [0.5, 0.6) is 0 Å². The molecule has 1 rings (SSSR count). The van der Waals surface area contributed by atoms with Gasteiger partial charge < -0.3 is 0 Å². The second-order valence-corrected chi connectivity index (χ2v) is 3.55. The van der Waals surface area contributed by atoms with Crippen LogP contribution >= 0.6 is 23.2 Å². The molecular weight excluding hydrogens is 217 g/mol. The number of hydrogen-bond donors (Lipinski definition) is 0. The van der Waals surface area contributed by atoms with Crippen molar-refractivity contribution in [3.8, 4) is 0 Å². The first-order valence-corrected chi connectivity index (χ1v) is 4.76. The van der Waals surface area contributed by atoms with E-state index in [1.807, 2.05) is 0 Å². The summed E-state index contributed by atoms with van der Waals surface area (Å²) >= 11 is 11.3. The molecule has 0 saturated carbocycles. The summed E-state index contributed by atoms with van der Waals surface area (Å²) in [6.07, 6.45) is 0.492. The molecule has 0 amide bonds. The fourth-order valence-corrected chi connectivity index (χ4v) is 1.58. The van der Waals surface area contributed by atoms with Gasteiger partial charge in [0.2, 0.25) is 0 Å². The van der Waals surface area contributed by atoms with E-state index in [0.29, 0.717) is 17.9 Å². The third kappa shape index (κ3) is 3.12. The molecular formula is C9H8Cl2F2. The van der Waals surface area contributed by atoms with Crippen molar-refractivity contribution in [2.45, 2.75) is 11.8 Å². The Labute approximate surface area is 85.5 Å². The van der Waals surface area contributed by atoms with Gasteiger partial charge in [0.05, 0.1) is 5.38 Å². The largest absolute Gasteiger partial charge is 0.207 e. The molecule has 0 radical (unpaired) electrons. The van der Waals surface area contributed by atoms with Gasteiger partial charge in [-0.3, -0.25) is 0 Å². The lowest BCUT2D eigenvalue weighted by Gasteiger charge is -2.07. The summed E-state index contributed by atoms with van der Waals surface area (Å²) in [4.78, 5) is 0. The van der Waals surface area contributed by atoms with Gasteiger partial charge in [-0.05, 0) is 24.1 Å². The third-order valence-electron chi connectivity index (χ3n) is 1.61. The second-order valence-electron chi connectivity index (χ2n) is 2.65. The SMILES string of the molecule is Fc1cc(F)cc(C(Cl)CCCl)c1. The van der Waals surface area contributed by atoms with Crippen LogP contribution in [0.25, 0.3) is 0 Å². The predicted octanol–water partition coefficient (Wildman–Crippen LogP) is 3.87. The van der Waals surface area contributed by atoms with Gasteiger partial charge in [-0.25, -0.2) is 8.78 Å². The van der Waals surface area contributed by atoms with Crippen LogP contribution in [0.3, 0.4) is 0 Å². The normalized spacial score (nSPS) is 12.9. The molecule has 4 heteroatoms. The summed E-state index contributed by atoms with van der Waals surface area (Å²) in [7, 11) is 0. The number of rotatable bonds is 3. The third-order valence-corrected chi connectivity index (χ3v) is 2.30. The second kappa shape index (κ2) is 4.77. The summed E-state index contributed by atoms with van der Waals surface area (Å²) in [5, 5.41) is -0.428. The predicted molar refractivity (Wildman–Crippen MR) is 50.3 cm³/mol. The molecule has 1 aromatic carbocycles. The minimum absolute atomic E-state index is 0.367.